The average Bonchev–Trinajstić information content (AvgIpc) is 2.89. The first-order valence-electron chi connectivity index (χ1n) is 9.31. The molecule has 1 saturated heterocycles. The van der Waals surface area contributed by atoms with Crippen LogP contribution in [0.2, 0.25) is 0 Å². The standard InChI is InChI=1S/C22H21N5O2/c1-13-12-22(29,21(28)27(13)3)10-9-15-5-4-6-16(11-15)17-7-8-18-19(26-17)20(23)25-14(2)24-18/h4-8,11,13,29H,12H2,1-3H3,(H2,23,24,25)/t13-,22-/m1/s1. The van der Waals surface area contributed by atoms with Crippen molar-refractivity contribution >= 4 is 22.8 Å². The third kappa shape index (κ3) is 3.39. The Morgan fingerprint density at radius 2 is 2.03 bits per heavy atom. The molecule has 3 aromatic rings. The van der Waals surface area contributed by atoms with E-state index >= 15 is 0 Å². The van der Waals surface area contributed by atoms with Crippen molar-refractivity contribution < 1.29 is 9.90 Å². The number of amides is 1. The summed E-state index contributed by atoms with van der Waals surface area (Å²) in [7, 11) is 1.68. The van der Waals surface area contributed by atoms with Gasteiger partial charge in [-0.2, -0.15) is 0 Å². The fourth-order valence-corrected chi connectivity index (χ4v) is 3.50. The number of likely N-dealkylation sites (N-methyl/N-ethyl adjacent to an activating group) is 1. The van der Waals surface area contributed by atoms with E-state index < -0.39 is 5.60 Å². The summed E-state index contributed by atoms with van der Waals surface area (Å²) in [6.45, 7) is 3.67. The third-order valence-corrected chi connectivity index (χ3v) is 5.18. The molecule has 0 radical (unpaired) electrons. The van der Waals surface area contributed by atoms with Crippen LogP contribution in [-0.2, 0) is 4.79 Å². The van der Waals surface area contributed by atoms with Gasteiger partial charge in [0.15, 0.2) is 5.82 Å². The van der Waals surface area contributed by atoms with Crippen LogP contribution >= 0.6 is 0 Å². The van der Waals surface area contributed by atoms with E-state index in [1.54, 1.807) is 14.0 Å². The van der Waals surface area contributed by atoms with Crippen molar-refractivity contribution in [3.05, 3.63) is 47.8 Å². The van der Waals surface area contributed by atoms with E-state index in [0.717, 1.165) is 5.56 Å². The van der Waals surface area contributed by atoms with Crippen LogP contribution in [0.5, 0.6) is 0 Å². The molecule has 4 rings (SSSR count). The first-order valence-corrected chi connectivity index (χ1v) is 9.31. The van der Waals surface area contributed by atoms with Gasteiger partial charge in [-0.25, -0.2) is 15.0 Å². The number of rotatable bonds is 1. The van der Waals surface area contributed by atoms with Gasteiger partial charge in [-0.05, 0) is 38.1 Å². The smallest absolute Gasteiger partial charge is 0.267 e. The van der Waals surface area contributed by atoms with Gasteiger partial charge >= 0.3 is 0 Å². The lowest BCUT2D eigenvalue weighted by Crippen LogP contribution is -2.37. The Labute approximate surface area is 168 Å². The highest BCUT2D eigenvalue weighted by molar-refractivity contribution is 5.91. The minimum atomic E-state index is -1.64. The zero-order chi connectivity index (χ0) is 20.8. The van der Waals surface area contributed by atoms with Crippen LogP contribution < -0.4 is 5.73 Å². The molecule has 0 aliphatic carbocycles. The van der Waals surface area contributed by atoms with Gasteiger partial charge in [-0.15, -0.1) is 0 Å². The first-order chi connectivity index (χ1) is 13.8. The molecular formula is C22H21N5O2. The number of benzene rings is 1. The molecule has 0 spiro atoms. The number of hydrogen-bond donors (Lipinski definition) is 2. The molecule has 1 amide bonds. The number of carbonyl (C=O) groups is 1. The Hall–Kier alpha value is -3.50. The molecular weight excluding hydrogens is 366 g/mol. The van der Waals surface area contributed by atoms with Crippen molar-refractivity contribution in [1.82, 2.24) is 19.9 Å². The Bertz CT molecular complexity index is 1200. The Morgan fingerprint density at radius 3 is 2.76 bits per heavy atom. The number of nitrogens with zero attached hydrogens (tertiary/aromatic N) is 4. The van der Waals surface area contributed by atoms with Gasteiger partial charge in [0.2, 0.25) is 5.60 Å². The predicted molar refractivity (Wildman–Crippen MR) is 111 cm³/mol. The maximum Gasteiger partial charge on any atom is 0.267 e. The summed E-state index contributed by atoms with van der Waals surface area (Å²) in [6.07, 6.45) is 0.292. The van der Waals surface area contributed by atoms with E-state index in [1.807, 2.05) is 43.3 Å². The minimum absolute atomic E-state index is 0.0498. The van der Waals surface area contributed by atoms with E-state index in [9.17, 15) is 9.90 Å². The van der Waals surface area contributed by atoms with Crippen LogP contribution in [0.4, 0.5) is 5.82 Å². The van der Waals surface area contributed by atoms with Gasteiger partial charge in [-0.1, -0.05) is 24.0 Å². The number of fused-ring (bicyclic) bond motifs is 1. The second-order valence-electron chi connectivity index (χ2n) is 7.38. The van der Waals surface area contributed by atoms with Crippen LogP contribution in [0.3, 0.4) is 0 Å². The molecule has 1 aliphatic rings. The number of likely N-dealkylation sites (tertiary alicyclic amines) is 1. The summed E-state index contributed by atoms with van der Waals surface area (Å²) in [4.78, 5) is 26.9. The van der Waals surface area contributed by atoms with Crippen LogP contribution in [0.25, 0.3) is 22.3 Å². The fourth-order valence-electron chi connectivity index (χ4n) is 3.50. The van der Waals surface area contributed by atoms with Gasteiger partial charge in [0.1, 0.15) is 11.3 Å². The van der Waals surface area contributed by atoms with Crippen LogP contribution in [0.15, 0.2) is 36.4 Å². The number of aliphatic hydroxyl groups is 1. The average molecular weight is 387 g/mol. The summed E-state index contributed by atoms with van der Waals surface area (Å²) < 4.78 is 0. The van der Waals surface area contributed by atoms with Gasteiger partial charge in [0.25, 0.3) is 5.91 Å². The molecule has 146 valence electrons. The lowest BCUT2D eigenvalue weighted by Gasteiger charge is -2.14. The Morgan fingerprint density at radius 1 is 1.24 bits per heavy atom. The minimum Gasteiger partial charge on any atom is -0.382 e. The fraction of sp³-hybridized carbons (Fsp3) is 0.273. The van der Waals surface area contributed by atoms with E-state index in [1.165, 1.54) is 4.90 Å². The van der Waals surface area contributed by atoms with E-state index in [4.69, 9.17) is 5.73 Å². The number of hydrogen-bond acceptors (Lipinski definition) is 6. The maximum absolute atomic E-state index is 12.3. The van der Waals surface area contributed by atoms with Crippen LogP contribution in [0.1, 0.15) is 24.7 Å². The van der Waals surface area contributed by atoms with Crippen LogP contribution in [-0.4, -0.2) is 49.6 Å². The number of aromatic nitrogens is 3. The molecule has 29 heavy (non-hydrogen) atoms. The van der Waals surface area contributed by atoms with Crippen molar-refractivity contribution in [3.63, 3.8) is 0 Å². The zero-order valence-corrected chi connectivity index (χ0v) is 16.5. The normalized spacial score (nSPS) is 21.3. The summed E-state index contributed by atoms with van der Waals surface area (Å²) in [5, 5.41) is 10.6. The van der Waals surface area contributed by atoms with Crippen molar-refractivity contribution in [2.24, 2.45) is 0 Å². The molecule has 1 aliphatic heterocycles. The van der Waals surface area contributed by atoms with Gasteiger partial charge in [-0.3, -0.25) is 4.79 Å². The highest BCUT2D eigenvalue weighted by Gasteiger charge is 2.46. The molecule has 0 unspecified atom stereocenters. The van der Waals surface area contributed by atoms with E-state index in [-0.39, 0.29) is 11.9 Å². The Kier molecular flexibility index (Phi) is 4.44. The largest absolute Gasteiger partial charge is 0.382 e. The lowest BCUT2D eigenvalue weighted by atomic mass is 10.00. The summed E-state index contributed by atoms with van der Waals surface area (Å²) in [5.41, 5.74) is 7.83. The zero-order valence-electron chi connectivity index (χ0n) is 16.5. The number of pyridine rings is 1. The monoisotopic (exact) mass is 387 g/mol. The molecule has 1 fully saturated rings. The second kappa shape index (κ2) is 6.83. The maximum atomic E-state index is 12.3. The molecule has 0 saturated carbocycles. The number of nitrogen functional groups attached to an aromatic ring is 1. The predicted octanol–water partition coefficient (Wildman–Crippen LogP) is 1.92. The van der Waals surface area contributed by atoms with E-state index in [2.05, 4.69) is 26.8 Å². The third-order valence-electron chi connectivity index (χ3n) is 5.18. The molecule has 1 aromatic carbocycles. The van der Waals surface area contributed by atoms with Crippen molar-refractivity contribution in [2.75, 3.05) is 12.8 Å². The van der Waals surface area contributed by atoms with Crippen molar-refractivity contribution in [1.29, 1.82) is 0 Å². The quantitative estimate of drug-likeness (QED) is 0.618. The van der Waals surface area contributed by atoms with Crippen molar-refractivity contribution in [3.8, 4) is 23.1 Å². The topological polar surface area (TPSA) is 105 Å². The number of carbonyl (C=O) groups excluding carboxylic acids is 1. The molecule has 3 heterocycles. The molecule has 0 bridgehead atoms. The highest BCUT2D eigenvalue weighted by atomic mass is 16.3. The summed E-state index contributed by atoms with van der Waals surface area (Å²) >= 11 is 0. The number of aryl methyl sites for hydroxylation is 1. The van der Waals surface area contributed by atoms with Crippen LogP contribution in [0, 0.1) is 18.8 Å². The molecule has 7 heteroatoms. The molecule has 7 nitrogen and oxygen atoms in total. The van der Waals surface area contributed by atoms with Gasteiger partial charge in [0.05, 0.1) is 11.2 Å². The first kappa shape index (κ1) is 18.8. The Balaban J connectivity index is 1.69. The number of nitrogens with two attached hydrogens (primary N) is 1. The summed E-state index contributed by atoms with van der Waals surface area (Å²) in [6, 6.07) is 11.1. The van der Waals surface area contributed by atoms with Crippen molar-refractivity contribution in [2.45, 2.75) is 31.9 Å². The number of anilines is 1. The highest BCUT2D eigenvalue weighted by Crippen LogP contribution is 2.27. The summed E-state index contributed by atoms with van der Waals surface area (Å²) in [5.74, 6) is 6.27. The van der Waals surface area contributed by atoms with Gasteiger partial charge < -0.3 is 15.7 Å². The second-order valence-corrected chi connectivity index (χ2v) is 7.38. The molecule has 2 atom stereocenters. The SMILES string of the molecule is Cc1nc(N)c2nc(-c3cccc(C#C[C@@]4(O)C[C@@H](C)N(C)C4=O)c3)ccc2n1. The molecule has 3 N–H and O–H groups in total. The van der Waals surface area contributed by atoms with E-state index in [0.29, 0.717) is 40.4 Å². The molecule has 2 aromatic heterocycles. The van der Waals surface area contributed by atoms with Gasteiger partial charge in [0, 0.05) is 30.6 Å². The lowest BCUT2D eigenvalue weighted by molar-refractivity contribution is -0.138.